The van der Waals surface area contributed by atoms with Crippen LogP contribution in [0.5, 0.6) is 0 Å². The van der Waals surface area contributed by atoms with Crippen LogP contribution in [0.4, 0.5) is 0 Å². The van der Waals surface area contributed by atoms with Crippen LogP contribution in [-0.4, -0.2) is 11.0 Å². The summed E-state index contributed by atoms with van der Waals surface area (Å²) in [6.07, 6.45) is 4.52. The molecule has 0 unspecified atom stereocenters. The number of aliphatic hydroxyl groups excluding tert-OH is 1. The second-order valence-corrected chi connectivity index (χ2v) is 4.24. The Bertz CT molecular complexity index is 554. The predicted octanol–water partition coefficient (Wildman–Crippen LogP) is 3.56. The first-order valence-corrected chi connectivity index (χ1v) is 6.06. The smallest absolute Gasteiger partial charge is 0.255 e. The predicted molar refractivity (Wildman–Crippen MR) is 78.0 cm³/mol. The number of carbonyl (C=O) groups is 1. The van der Waals surface area contributed by atoms with Gasteiger partial charge in [-0.25, -0.2) is 0 Å². The van der Waals surface area contributed by atoms with Gasteiger partial charge in [-0.15, -0.1) is 0 Å². The molecule has 0 fully saturated rings. The Balaban J connectivity index is 2.92. The van der Waals surface area contributed by atoms with E-state index in [1.807, 2.05) is 26.0 Å². The van der Waals surface area contributed by atoms with Gasteiger partial charge in [-0.2, -0.15) is 0 Å². The van der Waals surface area contributed by atoms with Gasteiger partial charge in [0.05, 0.1) is 5.70 Å². The summed E-state index contributed by atoms with van der Waals surface area (Å²) < 4.78 is 0. The van der Waals surface area contributed by atoms with Crippen LogP contribution < -0.4 is 5.32 Å². The van der Waals surface area contributed by atoms with E-state index in [9.17, 15) is 9.90 Å². The van der Waals surface area contributed by atoms with Gasteiger partial charge in [0.15, 0.2) is 0 Å². The lowest BCUT2D eigenvalue weighted by Gasteiger charge is -2.10. The van der Waals surface area contributed by atoms with Gasteiger partial charge in [0, 0.05) is 5.56 Å². The van der Waals surface area contributed by atoms with Gasteiger partial charge in [0.2, 0.25) is 0 Å². The number of hydrogen-bond acceptors (Lipinski definition) is 2. The van der Waals surface area contributed by atoms with Crippen LogP contribution in [0.2, 0.25) is 0 Å². The number of aryl methyl sites for hydroxylation is 2. The molecule has 1 aromatic carbocycles. The van der Waals surface area contributed by atoms with Gasteiger partial charge in [0.1, 0.15) is 5.76 Å². The first-order valence-electron chi connectivity index (χ1n) is 6.06. The van der Waals surface area contributed by atoms with Crippen molar-refractivity contribution in [2.45, 2.75) is 20.8 Å². The van der Waals surface area contributed by atoms with Crippen molar-refractivity contribution in [3.05, 3.63) is 71.2 Å². The largest absolute Gasteiger partial charge is 0.506 e. The molecule has 0 aliphatic heterocycles. The van der Waals surface area contributed by atoms with Gasteiger partial charge >= 0.3 is 0 Å². The Morgan fingerprint density at radius 2 is 2.00 bits per heavy atom. The summed E-state index contributed by atoms with van der Waals surface area (Å²) in [4.78, 5) is 12.1. The number of amides is 1. The molecule has 0 saturated carbocycles. The molecule has 2 N–H and O–H groups in total. The van der Waals surface area contributed by atoms with Crippen molar-refractivity contribution in [3.8, 4) is 0 Å². The summed E-state index contributed by atoms with van der Waals surface area (Å²) in [6.45, 7) is 9.19. The molecule has 0 radical (unpaired) electrons. The molecule has 0 saturated heterocycles. The fraction of sp³-hybridized carbons (Fsp3) is 0.188. The van der Waals surface area contributed by atoms with Crippen molar-refractivity contribution in [1.82, 2.24) is 5.32 Å². The molecule has 1 rings (SSSR count). The van der Waals surface area contributed by atoms with Gasteiger partial charge in [0.25, 0.3) is 5.91 Å². The fourth-order valence-corrected chi connectivity index (χ4v) is 1.56. The van der Waals surface area contributed by atoms with Crippen molar-refractivity contribution in [1.29, 1.82) is 0 Å². The van der Waals surface area contributed by atoms with Crippen LogP contribution in [0.1, 0.15) is 28.4 Å². The van der Waals surface area contributed by atoms with Gasteiger partial charge in [-0.1, -0.05) is 24.8 Å². The zero-order valence-corrected chi connectivity index (χ0v) is 11.5. The molecule has 100 valence electrons. The molecule has 3 nitrogen and oxygen atoms in total. The Labute approximate surface area is 114 Å². The number of aliphatic hydroxyl groups is 1. The second kappa shape index (κ2) is 6.59. The standard InChI is InChI=1S/C16H19NO2/c1-5-7-15(18)14(6-2)17-16(19)13-9-8-11(3)12(4)10-13/h5-10,18H,1H2,2-4H3,(H,17,19)/b14-6+,15-7+. The molecule has 0 aliphatic carbocycles. The monoisotopic (exact) mass is 257 g/mol. The summed E-state index contributed by atoms with van der Waals surface area (Å²) in [7, 11) is 0. The maximum atomic E-state index is 12.1. The lowest BCUT2D eigenvalue weighted by Crippen LogP contribution is -2.24. The molecule has 3 heteroatoms. The van der Waals surface area contributed by atoms with Crippen LogP contribution in [0.3, 0.4) is 0 Å². The van der Waals surface area contributed by atoms with Crippen molar-refractivity contribution in [2.75, 3.05) is 0 Å². The summed E-state index contributed by atoms with van der Waals surface area (Å²) in [6, 6.07) is 5.49. The van der Waals surface area contributed by atoms with Crippen molar-refractivity contribution < 1.29 is 9.90 Å². The van der Waals surface area contributed by atoms with Crippen molar-refractivity contribution in [3.63, 3.8) is 0 Å². The minimum absolute atomic E-state index is 0.0188. The van der Waals surface area contributed by atoms with Crippen molar-refractivity contribution in [2.24, 2.45) is 0 Å². The molecule has 0 heterocycles. The minimum Gasteiger partial charge on any atom is -0.506 e. The van der Waals surface area contributed by atoms with E-state index < -0.39 is 0 Å². The SMILES string of the molecule is C=C/C=C(O)\C(=C/C)NC(=O)c1ccc(C)c(C)c1. The lowest BCUT2D eigenvalue weighted by molar-refractivity contribution is 0.0964. The number of rotatable bonds is 4. The zero-order chi connectivity index (χ0) is 14.4. The second-order valence-electron chi connectivity index (χ2n) is 4.24. The highest BCUT2D eigenvalue weighted by Gasteiger charge is 2.10. The van der Waals surface area contributed by atoms with Gasteiger partial charge in [-0.05, 0) is 50.1 Å². The van der Waals surface area contributed by atoms with E-state index in [4.69, 9.17) is 0 Å². The molecular weight excluding hydrogens is 238 g/mol. The van der Waals surface area contributed by atoms with Gasteiger partial charge in [-0.3, -0.25) is 4.79 Å². The first kappa shape index (κ1) is 14.8. The van der Waals surface area contributed by atoms with E-state index >= 15 is 0 Å². The maximum absolute atomic E-state index is 12.1. The number of nitrogens with one attached hydrogen (secondary N) is 1. The van der Waals surface area contributed by atoms with E-state index in [0.29, 0.717) is 11.3 Å². The van der Waals surface area contributed by atoms with E-state index in [0.717, 1.165) is 11.1 Å². The average molecular weight is 257 g/mol. The Morgan fingerprint density at radius 3 is 2.53 bits per heavy atom. The molecule has 0 spiro atoms. The highest BCUT2D eigenvalue weighted by Crippen LogP contribution is 2.11. The van der Waals surface area contributed by atoms with E-state index in [1.54, 1.807) is 19.1 Å². The topological polar surface area (TPSA) is 49.3 Å². The lowest BCUT2D eigenvalue weighted by atomic mass is 10.1. The summed E-state index contributed by atoms with van der Waals surface area (Å²) in [5.74, 6) is -0.269. The quantitative estimate of drug-likeness (QED) is 0.640. The van der Waals surface area contributed by atoms with Crippen LogP contribution in [-0.2, 0) is 0 Å². The third-order valence-electron chi connectivity index (χ3n) is 2.86. The summed E-state index contributed by atoms with van der Waals surface area (Å²) in [5, 5.41) is 12.4. The third kappa shape index (κ3) is 3.85. The number of hydrogen-bond donors (Lipinski definition) is 2. The zero-order valence-electron chi connectivity index (χ0n) is 11.5. The van der Waals surface area contributed by atoms with Crippen LogP contribution >= 0.6 is 0 Å². The Morgan fingerprint density at radius 1 is 1.32 bits per heavy atom. The number of allylic oxidation sites excluding steroid dienone is 3. The maximum Gasteiger partial charge on any atom is 0.255 e. The number of benzene rings is 1. The number of carbonyl (C=O) groups excluding carboxylic acids is 1. The normalized spacial score (nSPS) is 12.2. The highest BCUT2D eigenvalue weighted by atomic mass is 16.3. The van der Waals surface area contributed by atoms with E-state index in [2.05, 4.69) is 11.9 Å². The molecule has 0 aromatic heterocycles. The molecule has 1 amide bonds. The third-order valence-corrected chi connectivity index (χ3v) is 2.86. The summed E-state index contributed by atoms with van der Waals surface area (Å²) >= 11 is 0. The van der Waals surface area contributed by atoms with Gasteiger partial charge < -0.3 is 10.4 Å². The van der Waals surface area contributed by atoms with E-state index in [1.165, 1.54) is 12.2 Å². The highest BCUT2D eigenvalue weighted by molar-refractivity contribution is 5.95. The fourth-order valence-electron chi connectivity index (χ4n) is 1.56. The Hall–Kier alpha value is -2.29. The minimum atomic E-state index is -0.250. The van der Waals surface area contributed by atoms with Crippen LogP contribution in [0, 0.1) is 13.8 Å². The van der Waals surface area contributed by atoms with Crippen LogP contribution in [0.15, 0.2) is 54.5 Å². The molecule has 19 heavy (non-hydrogen) atoms. The van der Waals surface area contributed by atoms with Crippen LogP contribution in [0.25, 0.3) is 0 Å². The molecule has 0 aliphatic rings. The Kier molecular flexibility index (Phi) is 5.12. The van der Waals surface area contributed by atoms with Crippen molar-refractivity contribution >= 4 is 5.91 Å². The molecule has 0 atom stereocenters. The molecular formula is C16H19NO2. The first-order chi connectivity index (χ1) is 8.99. The molecule has 0 bridgehead atoms. The van der Waals surface area contributed by atoms with E-state index in [-0.39, 0.29) is 11.7 Å². The molecule has 1 aromatic rings. The summed E-state index contributed by atoms with van der Waals surface area (Å²) in [5.41, 5.74) is 3.12. The average Bonchev–Trinajstić information content (AvgIpc) is 2.39.